The lowest BCUT2D eigenvalue weighted by Gasteiger charge is -2.42. The molecule has 1 aliphatic carbocycles. The van der Waals surface area contributed by atoms with Gasteiger partial charge >= 0.3 is 0 Å². The van der Waals surface area contributed by atoms with E-state index in [0.717, 1.165) is 5.92 Å². The fourth-order valence-electron chi connectivity index (χ4n) is 2.80. The van der Waals surface area contributed by atoms with Crippen LogP contribution in [0.3, 0.4) is 0 Å². The van der Waals surface area contributed by atoms with E-state index in [-0.39, 0.29) is 11.0 Å². The predicted octanol–water partition coefficient (Wildman–Crippen LogP) is 5.19. The van der Waals surface area contributed by atoms with Crippen molar-refractivity contribution in [2.45, 2.75) is 91.8 Å². The molecule has 1 heteroatoms. The fourth-order valence-corrected chi connectivity index (χ4v) is 2.80. The number of ether oxygens (including phenoxy) is 1. The summed E-state index contributed by atoms with van der Waals surface area (Å²) >= 11 is 0. The largest absolute Gasteiger partial charge is 0.372 e. The summed E-state index contributed by atoms with van der Waals surface area (Å²) in [5, 5.41) is 0. The van der Waals surface area contributed by atoms with Crippen LogP contribution < -0.4 is 0 Å². The second-order valence-electron chi connectivity index (χ2n) is 7.04. The Bertz CT molecular complexity index is 224. The van der Waals surface area contributed by atoms with Gasteiger partial charge in [0.1, 0.15) is 0 Å². The Balaban J connectivity index is 2.58. The van der Waals surface area contributed by atoms with Crippen LogP contribution in [0.4, 0.5) is 0 Å². The Morgan fingerprint density at radius 2 is 1.59 bits per heavy atom. The quantitative estimate of drug-likeness (QED) is 0.643. The van der Waals surface area contributed by atoms with E-state index in [2.05, 4.69) is 41.5 Å². The number of rotatable bonds is 5. The monoisotopic (exact) mass is 240 g/mol. The zero-order chi connectivity index (χ0) is 13.1. The molecule has 0 aliphatic heterocycles. The van der Waals surface area contributed by atoms with Crippen molar-refractivity contribution in [3.8, 4) is 0 Å². The first kappa shape index (κ1) is 15.0. The van der Waals surface area contributed by atoms with Gasteiger partial charge in [-0.15, -0.1) is 0 Å². The van der Waals surface area contributed by atoms with E-state index in [1.54, 1.807) is 0 Å². The molecule has 0 bridgehead atoms. The highest BCUT2D eigenvalue weighted by Gasteiger charge is 2.36. The molecule has 0 radical (unpaired) electrons. The summed E-state index contributed by atoms with van der Waals surface area (Å²) in [6, 6.07) is 0. The van der Waals surface area contributed by atoms with Gasteiger partial charge in [0.15, 0.2) is 0 Å². The van der Waals surface area contributed by atoms with Gasteiger partial charge in [0.25, 0.3) is 0 Å². The molecule has 1 atom stereocenters. The van der Waals surface area contributed by atoms with Gasteiger partial charge in [-0.05, 0) is 51.4 Å². The molecule has 0 amide bonds. The second kappa shape index (κ2) is 5.73. The lowest BCUT2D eigenvalue weighted by Crippen LogP contribution is -2.42. The molecule has 1 nitrogen and oxygen atoms in total. The first-order chi connectivity index (χ1) is 7.79. The van der Waals surface area contributed by atoms with E-state index in [9.17, 15) is 0 Å². The van der Waals surface area contributed by atoms with Crippen molar-refractivity contribution in [2.75, 3.05) is 0 Å². The zero-order valence-corrected chi connectivity index (χ0v) is 12.8. The van der Waals surface area contributed by atoms with Crippen molar-refractivity contribution in [2.24, 2.45) is 11.3 Å². The molecule has 0 aromatic heterocycles. The third-order valence-electron chi connectivity index (χ3n) is 5.08. The molecule has 1 unspecified atom stereocenters. The SMILES string of the molecule is CCC(C)(C)C(C)OC(C)(C)C1CCCCC1. The zero-order valence-electron chi connectivity index (χ0n) is 12.8. The Kier molecular flexibility index (Phi) is 5.07. The number of hydrogen-bond donors (Lipinski definition) is 0. The van der Waals surface area contributed by atoms with Crippen LogP contribution in [0.15, 0.2) is 0 Å². The van der Waals surface area contributed by atoms with Crippen LogP contribution in [-0.4, -0.2) is 11.7 Å². The molecule has 0 N–H and O–H groups in total. The van der Waals surface area contributed by atoms with Crippen LogP contribution in [0.2, 0.25) is 0 Å². The third kappa shape index (κ3) is 3.98. The molecule has 0 spiro atoms. The molecule has 102 valence electrons. The summed E-state index contributed by atoms with van der Waals surface area (Å²) in [5.41, 5.74) is 0.332. The molecule has 1 rings (SSSR count). The summed E-state index contributed by atoms with van der Waals surface area (Å²) in [5.74, 6) is 0.756. The average molecular weight is 240 g/mol. The van der Waals surface area contributed by atoms with Gasteiger partial charge in [-0.1, -0.05) is 40.0 Å². The van der Waals surface area contributed by atoms with E-state index >= 15 is 0 Å². The van der Waals surface area contributed by atoms with Crippen molar-refractivity contribution in [1.29, 1.82) is 0 Å². The third-order valence-corrected chi connectivity index (χ3v) is 5.08. The molecule has 1 aliphatic rings. The van der Waals surface area contributed by atoms with Gasteiger partial charge in [0, 0.05) is 0 Å². The van der Waals surface area contributed by atoms with Gasteiger partial charge in [-0.2, -0.15) is 0 Å². The Labute approximate surface area is 108 Å². The maximum absolute atomic E-state index is 6.43. The van der Waals surface area contributed by atoms with Gasteiger partial charge in [0.2, 0.25) is 0 Å². The maximum atomic E-state index is 6.43. The molecule has 1 fully saturated rings. The molecule has 0 saturated heterocycles. The highest BCUT2D eigenvalue weighted by atomic mass is 16.5. The normalized spacial score (nSPS) is 21.5. The van der Waals surface area contributed by atoms with E-state index in [4.69, 9.17) is 4.74 Å². The van der Waals surface area contributed by atoms with Crippen LogP contribution >= 0.6 is 0 Å². The van der Waals surface area contributed by atoms with Crippen molar-refractivity contribution in [3.05, 3.63) is 0 Å². The minimum Gasteiger partial charge on any atom is -0.372 e. The van der Waals surface area contributed by atoms with Crippen LogP contribution in [0.5, 0.6) is 0 Å². The second-order valence-corrected chi connectivity index (χ2v) is 7.04. The van der Waals surface area contributed by atoms with Crippen LogP contribution in [0.25, 0.3) is 0 Å². The highest BCUT2D eigenvalue weighted by Crippen LogP contribution is 2.38. The van der Waals surface area contributed by atoms with Crippen molar-refractivity contribution in [3.63, 3.8) is 0 Å². The molecule has 17 heavy (non-hydrogen) atoms. The van der Waals surface area contributed by atoms with E-state index in [0.29, 0.717) is 6.10 Å². The van der Waals surface area contributed by atoms with Gasteiger partial charge in [0.05, 0.1) is 11.7 Å². The summed E-state index contributed by atoms with van der Waals surface area (Å²) in [7, 11) is 0. The Morgan fingerprint density at radius 3 is 2.06 bits per heavy atom. The smallest absolute Gasteiger partial charge is 0.0658 e. The molecule has 0 heterocycles. The molecule has 1 saturated carbocycles. The first-order valence-corrected chi connectivity index (χ1v) is 7.47. The minimum absolute atomic E-state index is 0.0479. The van der Waals surface area contributed by atoms with Crippen molar-refractivity contribution >= 4 is 0 Å². The van der Waals surface area contributed by atoms with Crippen LogP contribution in [0.1, 0.15) is 80.1 Å². The Hall–Kier alpha value is -0.0400. The fraction of sp³-hybridized carbons (Fsp3) is 1.00. The lowest BCUT2D eigenvalue weighted by atomic mass is 9.77. The average Bonchev–Trinajstić information content (AvgIpc) is 2.29. The maximum Gasteiger partial charge on any atom is 0.0658 e. The van der Waals surface area contributed by atoms with Gasteiger partial charge in [-0.3, -0.25) is 0 Å². The van der Waals surface area contributed by atoms with Crippen molar-refractivity contribution < 1.29 is 4.74 Å². The summed E-state index contributed by atoms with van der Waals surface area (Å²) in [6.45, 7) is 13.7. The van der Waals surface area contributed by atoms with Gasteiger partial charge in [-0.25, -0.2) is 0 Å². The number of hydrogen-bond acceptors (Lipinski definition) is 1. The first-order valence-electron chi connectivity index (χ1n) is 7.47. The molecule has 0 aromatic carbocycles. The van der Waals surface area contributed by atoms with Gasteiger partial charge < -0.3 is 4.74 Å². The molecular weight excluding hydrogens is 208 g/mol. The lowest BCUT2D eigenvalue weighted by molar-refractivity contribution is -0.142. The Morgan fingerprint density at radius 1 is 1.06 bits per heavy atom. The highest BCUT2D eigenvalue weighted by molar-refractivity contribution is 4.85. The minimum atomic E-state index is 0.0479. The van der Waals surface area contributed by atoms with Crippen LogP contribution in [-0.2, 0) is 4.74 Å². The van der Waals surface area contributed by atoms with E-state index < -0.39 is 0 Å². The van der Waals surface area contributed by atoms with Crippen molar-refractivity contribution in [1.82, 2.24) is 0 Å². The summed E-state index contributed by atoms with van der Waals surface area (Å²) in [6.07, 6.45) is 8.42. The van der Waals surface area contributed by atoms with E-state index in [1.807, 2.05) is 0 Å². The summed E-state index contributed by atoms with van der Waals surface area (Å²) < 4.78 is 6.43. The topological polar surface area (TPSA) is 9.23 Å². The van der Waals surface area contributed by atoms with E-state index in [1.165, 1.54) is 38.5 Å². The standard InChI is InChI=1S/C16H32O/c1-7-15(3,4)13(2)17-16(5,6)14-11-9-8-10-12-14/h13-14H,7-12H2,1-6H3. The molecular formula is C16H32O. The molecule has 0 aromatic rings. The van der Waals surface area contributed by atoms with Crippen LogP contribution in [0, 0.1) is 11.3 Å². The summed E-state index contributed by atoms with van der Waals surface area (Å²) in [4.78, 5) is 0. The predicted molar refractivity (Wildman–Crippen MR) is 75.3 cm³/mol.